The minimum Gasteiger partial charge on any atom is -0.484 e. The van der Waals surface area contributed by atoms with Gasteiger partial charge in [0.05, 0.1) is 0 Å². The zero-order chi connectivity index (χ0) is 17.5. The predicted octanol–water partition coefficient (Wildman–Crippen LogP) is 3.00. The summed E-state index contributed by atoms with van der Waals surface area (Å²) in [7, 11) is 0. The van der Waals surface area contributed by atoms with Crippen LogP contribution in [0.25, 0.3) is 0 Å². The SMILES string of the molecule is CCc1ccc(OCC(=O)NNC(=O)c2ccc(C)c(I)c2)cc1. The van der Waals surface area contributed by atoms with E-state index < -0.39 is 5.91 Å². The highest BCUT2D eigenvalue weighted by atomic mass is 127. The van der Waals surface area contributed by atoms with E-state index in [-0.39, 0.29) is 12.5 Å². The molecule has 0 fully saturated rings. The lowest BCUT2D eigenvalue weighted by atomic mass is 10.1. The standard InChI is InChI=1S/C18H19IN2O3/c1-3-13-5-8-15(9-6-13)24-11-17(22)20-21-18(23)14-7-4-12(2)16(19)10-14/h4-10H,3,11H2,1-2H3,(H,20,22)(H,21,23). The van der Waals surface area contributed by atoms with Gasteiger partial charge in [-0.25, -0.2) is 0 Å². The van der Waals surface area contributed by atoms with Crippen LogP contribution >= 0.6 is 22.6 Å². The molecule has 6 heteroatoms. The van der Waals surface area contributed by atoms with Crippen LogP contribution in [0.2, 0.25) is 0 Å². The lowest BCUT2D eigenvalue weighted by molar-refractivity contribution is -0.123. The molecule has 0 saturated heterocycles. The highest BCUT2D eigenvalue weighted by molar-refractivity contribution is 14.1. The molecule has 0 spiro atoms. The normalized spacial score (nSPS) is 10.1. The molecular formula is C18H19IN2O3. The summed E-state index contributed by atoms with van der Waals surface area (Å²) >= 11 is 2.16. The number of hydrogen-bond donors (Lipinski definition) is 2. The molecule has 2 N–H and O–H groups in total. The number of aryl methyl sites for hydroxylation is 2. The van der Waals surface area contributed by atoms with E-state index in [0.29, 0.717) is 11.3 Å². The van der Waals surface area contributed by atoms with E-state index in [1.54, 1.807) is 12.1 Å². The first-order chi connectivity index (χ1) is 11.5. The second kappa shape index (κ2) is 8.68. The van der Waals surface area contributed by atoms with E-state index in [9.17, 15) is 9.59 Å². The summed E-state index contributed by atoms with van der Waals surface area (Å²) in [5.74, 6) is -0.181. The molecule has 2 amide bonds. The van der Waals surface area contributed by atoms with E-state index in [0.717, 1.165) is 15.6 Å². The third kappa shape index (κ3) is 5.23. The fraction of sp³-hybridized carbons (Fsp3) is 0.222. The number of amides is 2. The molecule has 5 nitrogen and oxygen atoms in total. The number of nitrogens with one attached hydrogen (secondary N) is 2. The first-order valence-corrected chi connectivity index (χ1v) is 8.64. The molecule has 0 atom stereocenters. The van der Waals surface area contributed by atoms with Gasteiger partial charge in [-0.2, -0.15) is 0 Å². The van der Waals surface area contributed by atoms with Crippen LogP contribution in [0.4, 0.5) is 0 Å². The molecule has 2 aromatic rings. The summed E-state index contributed by atoms with van der Waals surface area (Å²) in [5, 5.41) is 0. The van der Waals surface area contributed by atoms with Crippen LogP contribution in [0.5, 0.6) is 5.75 Å². The summed E-state index contributed by atoms with van der Waals surface area (Å²) in [5.41, 5.74) is 7.50. The number of benzene rings is 2. The van der Waals surface area contributed by atoms with Gasteiger partial charge >= 0.3 is 0 Å². The largest absolute Gasteiger partial charge is 0.484 e. The van der Waals surface area contributed by atoms with Crippen molar-refractivity contribution in [1.29, 1.82) is 0 Å². The van der Waals surface area contributed by atoms with Crippen LogP contribution in [0, 0.1) is 10.5 Å². The Kier molecular flexibility index (Phi) is 6.60. The Morgan fingerprint density at radius 2 is 1.79 bits per heavy atom. The maximum absolute atomic E-state index is 12.0. The maximum Gasteiger partial charge on any atom is 0.276 e. The van der Waals surface area contributed by atoms with Gasteiger partial charge in [0, 0.05) is 9.13 Å². The van der Waals surface area contributed by atoms with Gasteiger partial charge in [0.1, 0.15) is 5.75 Å². The maximum atomic E-state index is 12.0. The summed E-state index contributed by atoms with van der Waals surface area (Å²) in [6, 6.07) is 12.9. The molecule has 0 heterocycles. The van der Waals surface area contributed by atoms with Crippen molar-refractivity contribution in [3.05, 3.63) is 62.7 Å². The van der Waals surface area contributed by atoms with Crippen molar-refractivity contribution < 1.29 is 14.3 Å². The third-order valence-corrected chi connectivity index (χ3v) is 4.61. The fourth-order valence-electron chi connectivity index (χ4n) is 1.94. The topological polar surface area (TPSA) is 67.4 Å². The Labute approximate surface area is 154 Å². The molecular weight excluding hydrogens is 419 g/mol. The van der Waals surface area contributed by atoms with Crippen molar-refractivity contribution in [1.82, 2.24) is 10.9 Å². The van der Waals surface area contributed by atoms with Crippen molar-refractivity contribution in [3.8, 4) is 5.75 Å². The van der Waals surface area contributed by atoms with Gasteiger partial charge in [-0.05, 0) is 71.3 Å². The van der Waals surface area contributed by atoms with E-state index in [1.807, 2.05) is 37.3 Å². The zero-order valence-corrected chi connectivity index (χ0v) is 15.7. The Morgan fingerprint density at radius 3 is 2.42 bits per heavy atom. The van der Waals surface area contributed by atoms with Gasteiger partial charge in [-0.3, -0.25) is 20.4 Å². The molecule has 0 unspecified atom stereocenters. The number of hydrazine groups is 1. The number of halogens is 1. The van der Waals surface area contributed by atoms with Crippen LogP contribution in [-0.4, -0.2) is 18.4 Å². The smallest absolute Gasteiger partial charge is 0.276 e. The van der Waals surface area contributed by atoms with Crippen molar-refractivity contribution in [3.63, 3.8) is 0 Å². The second-order valence-electron chi connectivity index (χ2n) is 5.25. The Balaban J connectivity index is 1.79. The lowest BCUT2D eigenvalue weighted by Gasteiger charge is -2.10. The van der Waals surface area contributed by atoms with Crippen molar-refractivity contribution in [2.45, 2.75) is 20.3 Å². The predicted molar refractivity (Wildman–Crippen MR) is 101 cm³/mol. The molecule has 0 aliphatic rings. The molecule has 0 saturated carbocycles. The van der Waals surface area contributed by atoms with Crippen LogP contribution in [-0.2, 0) is 11.2 Å². The molecule has 0 aromatic heterocycles. The van der Waals surface area contributed by atoms with Gasteiger partial charge in [0.15, 0.2) is 6.61 Å². The van der Waals surface area contributed by atoms with Crippen molar-refractivity contribution in [2.24, 2.45) is 0 Å². The van der Waals surface area contributed by atoms with Gasteiger partial charge in [-0.15, -0.1) is 0 Å². The minimum absolute atomic E-state index is 0.169. The summed E-state index contributed by atoms with van der Waals surface area (Å²) in [6.45, 7) is 3.87. The van der Waals surface area contributed by atoms with Crippen molar-refractivity contribution >= 4 is 34.4 Å². The van der Waals surface area contributed by atoms with Crippen molar-refractivity contribution in [2.75, 3.05) is 6.61 Å². The number of rotatable bonds is 5. The Morgan fingerprint density at radius 1 is 1.08 bits per heavy atom. The Bertz CT molecular complexity index is 730. The molecule has 0 aliphatic heterocycles. The first kappa shape index (κ1) is 18.3. The first-order valence-electron chi connectivity index (χ1n) is 7.56. The third-order valence-electron chi connectivity index (χ3n) is 3.45. The summed E-state index contributed by atoms with van der Waals surface area (Å²) in [6.07, 6.45) is 0.949. The van der Waals surface area contributed by atoms with Crippen LogP contribution in [0.1, 0.15) is 28.4 Å². The average Bonchev–Trinajstić information content (AvgIpc) is 2.60. The van der Waals surface area contributed by atoms with Gasteiger partial charge in [-0.1, -0.05) is 25.1 Å². The van der Waals surface area contributed by atoms with E-state index in [1.165, 1.54) is 5.56 Å². The average molecular weight is 438 g/mol. The molecule has 2 rings (SSSR count). The van der Waals surface area contributed by atoms with Crippen LogP contribution in [0.3, 0.4) is 0 Å². The quantitative estimate of drug-likeness (QED) is 0.557. The number of carbonyl (C=O) groups is 2. The highest BCUT2D eigenvalue weighted by Gasteiger charge is 2.09. The molecule has 0 bridgehead atoms. The number of carbonyl (C=O) groups excluding carboxylic acids is 2. The lowest BCUT2D eigenvalue weighted by Crippen LogP contribution is -2.43. The van der Waals surface area contributed by atoms with E-state index in [4.69, 9.17) is 4.74 Å². The monoisotopic (exact) mass is 438 g/mol. The summed E-state index contributed by atoms with van der Waals surface area (Å²) < 4.78 is 6.37. The molecule has 24 heavy (non-hydrogen) atoms. The number of hydrogen-bond acceptors (Lipinski definition) is 3. The molecule has 0 radical (unpaired) electrons. The zero-order valence-electron chi connectivity index (χ0n) is 13.6. The fourth-order valence-corrected chi connectivity index (χ4v) is 2.45. The Hall–Kier alpha value is -2.09. The summed E-state index contributed by atoms with van der Waals surface area (Å²) in [4.78, 5) is 23.7. The molecule has 126 valence electrons. The highest BCUT2D eigenvalue weighted by Crippen LogP contribution is 2.13. The van der Waals surface area contributed by atoms with Gasteiger partial charge in [0.25, 0.3) is 11.8 Å². The van der Waals surface area contributed by atoms with E-state index in [2.05, 4.69) is 40.4 Å². The molecule has 0 aliphatic carbocycles. The van der Waals surface area contributed by atoms with Crippen LogP contribution in [0.15, 0.2) is 42.5 Å². The second-order valence-corrected chi connectivity index (χ2v) is 6.41. The molecule has 2 aromatic carbocycles. The van der Waals surface area contributed by atoms with Gasteiger partial charge in [0.2, 0.25) is 0 Å². The van der Waals surface area contributed by atoms with E-state index >= 15 is 0 Å². The van der Waals surface area contributed by atoms with Gasteiger partial charge < -0.3 is 4.74 Å². The minimum atomic E-state index is -0.426. The van der Waals surface area contributed by atoms with Crippen LogP contribution < -0.4 is 15.6 Å². The number of ether oxygens (including phenoxy) is 1.